The van der Waals surface area contributed by atoms with Crippen LogP contribution in [-0.2, 0) is 0 Å². The van der Waals surface area contributed by atoms with E-state index >= 15 is 0 Å². The van der Waals surface area contributed by atoms with Crippen LogP contribution in [0.3, 0.4) is 0 Å². The van der Waals surface area contributed by atoms with Crippen LogP contribution in [-0.4, -0.2) is 43.8 Å². The molecule has 7 nitrogen and oxygen atoms in total. The van der Waals surface area contributed by atoms with Gasteiger partial charge in [0.2, 0.25) is 6.79 Å². The lowest BCUT2D eigenvalue weighted by Crippen LogP contribution is -2.27. The highest BCUT2D eigenvalue weighted by atomic mass is 35.5. The van der Waals surface area contributed by atoms with E-state index in [2.05, 4.69) is 24.1 Å². The van der Waals surface area contributed by atoms with Gasteiger partial charge in [0.15, 0.2) is 11.5 Å². The molecule has 0 radical (unpaired) electrons. The smallest absolute Gasteiger partial charge is 0.255 e. The summed E-state index contributed by atoms with van der Waals surface area (Å²) in [5, 5.41) is 2.80. The molecule has 3 N–H and O–H groups in total. The van der Waals surface area contributed by atoms with Crippen LogP contribution in [0.25, 0.3) is 0 Å². The summed E-state index contributed by atoms with van der Waals surface area (Å²) < 4.78 is 16.3. The number of amides is 1. The van der Waals surface area contributed by atoms with Crippen molar-refractivity contribution < 1.29 is 19.0 Å². The first-order valence-electron chi connectivity index (χ1n) is 9.06. The minimum atomic E-state index is -0.254. The Bertz CT molecular complexity index is 799. The zero-order valence-corrected chi connectivity index (χ0v) is 18.1. The number of carbonyl (C=O) groups is 1. The van der Waals surface area contributed by atoms with Crippen LogP contribution in [0.2, 0.25) is 0 Å². The van der Waals surface area contributed by atoms with Crippen LogP contribution in [0.4, 0.5) is 11.4 Å². The molecule has 3 rings (SSSR count). The maximum Gasteiger partial charge on any atom is 0.255 e. The first-order chi connectivity index (χ1) is 13.1. The maximum atomic E-state index is 12.5. The van der Waals surface area contributed by atoms with E-state index in [4.69, 9.17) is 19.9 Å². The summed E-state index contributed by atoms with van der Waals surface area (Å²) in [6.45, 7) is 7.90. The molecule has 0 aliphatic carbocycles. The summed E-state index contributed by atoms with van der Waals surface area (Å²) in [5.74, 6) is 1.63. The Balaban J connectivity index is 0.00000210. The van der Waals surface area contributed by atoms with Crippen molar-refractivity contribution in [2.45, 2.75) is 13.8 Å². The third-order valence-electron chi connectivity index (χ3n) is 4.48. The number of likely N-dealkylation sites (N-methyl/N-ethyl adjacent to an activating group) is 1. The van der Waals surface area contributed by atoms with Gasteiger partial charge in [0.1, 0.15) is 12.4 Å². The van der Waals surface area contributed by atoms with E-state index in [1.807, 2.05) is 0 Å². The number of nitrogens with two attached hydrogens (primary N) is 1. The zero-order chi connectivity index (χ0) is 19.2. The molecule has 0 saturated carbocycles. The van der Waals surface area contributed by atoms with Crippen LogP contribution in [0.1, 0.15) is 24.2 Å². The molecule has 1 amide bonds. The summed E-state index contributed by atoms with van der Waals surface area (Å²) in [7, 11) is 0. The molecular formula is C20H27Cl2N3O4. The quantitative estimate of drug-likeness (QED) is 0.603. The predicted octanol–water partition coefficient (Wildman–Crippen LogP) is 3.81. The number of halogens is 2. The molecule has 0 aromatic heterocycles. The SMILES string of the molecule is CCN(CC)CCOc1ccc(C(=O)Nc2cc3c(cc2N)OCO3)cc1.Cl.Cl. The van der Waals surface area contributed by atoms with Crippen LogP contribution in [0.5, 0.6) is 17.2 Å². The number of ether oxygens (including phenoxy) is 3. The minimum absolute atomic E-state index is 0. The Morgan fingerprint density at radius 2 is 1.72 bits per heavy atom. The Morgan fingerprint density at radius 1 is 1.10 bits per heavy atom. The van der Waals surface area contributed by atoms with Gasteiger partial charge in [-0.05, 0) is 37.4 Å². The molecule has 1 aliphatic rings. The Hall–Kier alpha value is -2.35. The van der Waals surface area contributed by atoms with E-state index in [1.54, 1.807) is 36.4 Å². The largest absolute Gasteiger partial charge is 0.492 e. The van der Waals surface area contributed by atoms with Gasteiger partial charge < -0.3 is 30.2 Å². The van der Waals surface area contributed by atoms with E-state index < -0.39 is 0 Å². The standard InChI is InChI=1S/C20H25N3O4.2ClH/c1-3-23(4-2)9-10-25-15-7-5-14(6-8-15)20(24)22-17-12-19-18(11-16(17)21)26-13-27-19;;/h5-8,11-12H,3-4,9-10,13,21H2,1-2H3,(H,22,24);2*1H. The number of hydrogen-bond acceptors (Lipinski definition) is 6. The summed E-state index contributed by atoms with van der Waals surface area (Å²) in [5.41, 5.74) is 7.40. The molecule has 0 spiro atoms. The van der Waals surface area contributed by atoms with Gasteiger partial charge in [0, 0.05) is 24.2 Å². The first kappa shape index (κ1) is 24.7. The highest BCUT2D eigenvalue weighted by Gasteiger charge is 2.17. The zero-order valence-electron chi connectivity index (χ0n) is 16.5. The fraction of sp³-hybridized carbons (Fsp3) is 0.350. The second-order valence-corrected chi connectivity index (χ2v) is 6.15. The molecule has 0 fully saturated rings. The third kappa shape index (κ3) is 6.32. The summed E-state index contributed by atoms with van der Waals surface area (Å²) in [6.07, 6.45) is 0. The van der Waals surface area contributed by atoms with Crippen LogP contribution >= 0.6 is 24.8 Å². The lowest BCUT2D eigenvalue weighted by molar-refractivity contribution is 0.102. The molecule has 2 aromatic carbocycles. The molecule has 29 heavy (non-hydrogen) atoms. The fourth-order valence-electron chi connectivity index (χ4n) is 2.80. The van der Waals surface area contributed by atoms with Crippen molar-refractivity contribution in [2.24, 2.45) is 0 Å². The molecule has 9 heteroatoms. The van der Waals surface area contributed by atoms with Crippen molar-refractivity contribution in [3.05, 3.63) is 42.0 Å². The number of rotatable bonds is 8. The van der Waals surface area contributed by atoms with Crippen molar-refractivity contribution in [2.75, 3.05) is 44.1 Å². The van der Waals surface area contributed by atoms with Crippen LogP contribution < -0.4 is 25.3 Å². The van der Waals surface area contributed by atoms with E-state index in [-0.39, 0.29) is 37.5 Å². The normalized spacial score (nSPS) is 11.4. The molecule has 1 heterocycles. The van der Waals surface area contributed by atoms with Gasteiger partial charge in [-0.15, -0.1) is 24.8 Å². The lowest BCUT2D eigenvalue weighted by atomic mass is 10.2. The van der Waals surface area contributed by atoms with Crippen molar-refractivity contribution in [3.63, 3.8) is 0 Å². The fourth-order valence-corrected chi connectivity index (χ4v) is 2.80. The monoisotopic (exact) mass is 443 g/mol. The molecule has 2 aromatic rings. The number of anilines is 2. The highest BCUT2D eigenvalue weighted by Crippen LogP contribution is 2.38. The first-order valence-corrected chi connectivity index (χ1v) is 9.06. The lowest BCUT2D eigenvalue weighted by Gasteiger charge is -2.18. The van der Waals surface area contributed by atoms with Crippen LogP contribution in [0.15, 0.2) is 36.4 Å². The van der Waals surface area contributed by atoms with Gasteiger partial charge in [-0.2, -0.15) is 0 Å². The van der Waals surface area contributed by atoms with E-state index in [0.717, 1.165) is 25.4 Å². The molecule has 0 unspecified atom stereocenters. The number of nitrogens with zero attached hydrogens (tertiary/aromatic N) is 1. The minimum Gasteiger partial charge on any atom is -0.492 e. The van der Waals surface area contributed by atoms with Crippen LogP contribution in [0, 0.1) is 0 Å². The second kappa shape index (κ2) is 11.6. The summed E-state index contributed by atoms with van der Waals surface area (Å²) in [6, 6.07) is 10.3. The topological polar surface area (TPSA) is 86.1 Å². The molecule has 0 atom stereocenters. The average Bonchev–Trinajstić information content (AvgIpc) is 3.13. The Labute approximate surface area is 183 Å². The molecule has 0 saturated heterocycles. The van der Waals surface area contributed by atoms with Gasteiger partial charge >= 0.3 is 0 Å². The maximum absolute atomic E-state index is 12.5. The number of nitrogens with one attached hydrogen (secondary N) is 1. The number of benzene rings is 2. The van der Waals surface area contributed by atoms with E-state index in [1.165, 1.54) is 0 Å². The van der Waals surface area contributed by atoms with Crippen molar-refractivity contribution in [1.29, 1.82) is 0 Å². The average molecular weight is 444 g/mol. The van der Waals surface area contributed by atoms with Crippen molar-refractivity contribution in [3.8, 4) is 17.2 Å². The van der Waals surface area contributed by atoms with E-state index in [0.29, 0.717) is 35.0 Å². The highest BCUT2D eigenvalue weighted by molar-refractivity contribution is 6.06. The predicted molar refractivity (Wildman–Crippen MR) is 119 cm³/mol. The number of fused-ring (bicyclic) bond motifs is 1. The Morgan fingerprint density at radius 3 is 2.34 bits per heavy atom. The molecule has 160 valence electrons. The van der Waals surface area contributed by atoms with E-state index in [9.17, 15) is 4.79 Å². The molecule has 0 bridgehead atoms. The van der Waals surface area contributed by atoms with Gasteiger partial charge in [0.25, 0.3) is 5.91 Å². The summed E-state index contributed by atoms with van der Waals surface area (Å²) in [4.78, 5) is 14.8. The van der Waals surface area contributed by atoms with Crippen molar-refractivity contribution >= 4 is 42.1 Å². The second-order valence-electron chi connectivity index (χ2n) is 6.15. The molecule has 1 aliphatic heterocycles. The van der Waals surface area contributed by atoms with Gasteiger partial charge in [-0.1, -0.05) is 13.8 Å². The van der Waals surface area contributed by atoms with Gasteiger partial charge in [0.05, 0.1) is 11.4 Å². The number of hydrogen-bond donors (Lipinski definition) is 2. The van der Waals surface area contributed by atoms with Gasteiger partial charge in [-0.25, -0.2) is 0 Å². The number of nitrogen functional groups attached to an aromatic ring is 1. The third-order valence-corrected chi connectivity index (χ3v) is 4.48. The number of carbonyl (C=O) groups excluding carboxylic acids is 1. The molecular weight excluding hydrogens is 417 g/mol. The van der Waals surface area contributed by atoms with Gasteiger partial charge in [-0.3, -0.25) is 4.79 Å². The summed E-state index contributed by atoms with van der Waals surface area (Å²) >= 11 is 0. The Kier molecular flexibility index (Phi) is 9.88. The van der Waals surface area contributed by atoms with Crippen molar-refractivity contribution in [1.82, 2.24) is 4.90 Å².